The summed E-state index contributed by atoms with van der Waals surface area (Å²) in [5, 5.41) is 5.55. The molecular formula is C17H21N3O3S. The molecule has 0 aromatic carbocycles. The number of ether oxygens (including phenoxy) is 2. The monoisotopic (exact) mass is 347 g/mol. The molecule has 2 aromatic rings. The standard InChI is InChI=1S/C17H21N3O3S/c1-11(2)23-15-8-12(5-6-18-15)9-19-16(21)13-10-24-17(20-13)14-4-3-7-22-14/h5-6,8,10-11,14H,3-4,7,9H2,1-2H3,(H,19,21). The van der Waals surface area contributed by atoms with Crippen molar-refractivity contribution >= 4 is 17.2 Å². The largest absolute Gasteiger partial charge is 0.475 e. The number of rotatable bonds is 6. The van der Waals surface area contributed by atoms with Crippen molar-refractivity contribution in [3.63, 3.8) is 0 Å². The minimum Gasteiger partial charge on any atom is -0.475 e. The third-order valence-electron chi connectivity index (χ3n) is 3.57. The summed E-state index contributed by atoms with van der Waals surface area (Å²) in [6, 6.07) is 3.69. The van der Waals surface area contributed by atoms with Crippen LogP contribution in [0.25, 0.3) is 0 Å². The third kappa shape index (κ3) is 4.30. The lowest BCUT2D eigenvalue weighted by Crippen LogP contribution is -2.23. The van der Waals surface area contributed by atoms with E-state index < -0.39 is 0 Å². The molecule has 1 fully saturated rings. The second-order valence-corrected chi connectivity index (χ2v) is 6.81. The van der Waals surface area contributed by atoms with Crippen LogP contribution in [-0.4, -0.2) is 28.6 Å². The van der Waals surface area contributed by atoms with Crippen LogP contribution in [0.2, 0.25) is 0 Å². The molecule has 1 saturated heterocycles. The summed E-state index contributed by atoms with van der Waals surface area (Å²) in [5.74, 6) is 0.379. The van der Waals surface area contributed by atoms with Gasteiger partial charge in [0, 0.05) is 30.8 Å². The summed E-state index contributed by atoms with van der Waals surface area (Å²) >= 11 is 1.48. The van der Waals surface area contributed by atoms with Gasteiger partial charge >= 0.3 is 0 Å². The number of amides is 1. The van der Waals surface area contributed by atoms with Crippen LogP contribution in [0.5, 0.6) is 5.88 Å². The minimum atomic E-state index is -0.182. The second kappa shape index (κ2) is 7.72. The van der Waals surface area contributed by atoms with Gasteiger partial charge in [-0.2, -0.15) is 0 Å². The Morgan fingerprint density at radius 2 is 2.42 bits per heavy atom. The molecule has 2 aromatic heterocycles. The van der Waals surface area contributed by atoms with Gasteiger partial charge in [-0.05, 0) is 38.3 Å². The maximum atomic E-state index is 12.3. The molecule has 0 aliphatic carbocycles. The summed E-state index contributed by atoms with van der Waals surface area (Å²) < 4.78 is 11.2. The highest BCUT2D eigenvalue weighted by Crippen LogP contribution is 2.30. The van der Waals surface area contributed by atoms with Crippen molar-refractivity contribution in [1.29, 1.82) is 0 Å². The molecule has 1 aliphatic rings. The van der Waals surface area contributed by atoms with E-state index in [0.29, 0.717) is 18.1 Å². The van der Waals surface area contributed by atoms with Gasteiger partial charge in [0.05, 0.1) is 6.10 Å². The van der Waals surface area contributed by atoms with Crippen molar-refractivity contribution in [1.82, 2.24) is 15.3 Å². The van der Waals surface area contributed by atoms with Crippen LogP contribution in [0.3, 0.4) is 0 Å². The Morgan fingerprint density at radius 3 is 3.17 bits per heavy atom. The summed E-state index contributed by atoms with van der Waals surface area (Å²) in [5.41, 5.74) is 1.38. The van der Waals surface area contributed by atoms with Gasteiger partial charge in [-0.1, -0.05) is 0 Å². The number of nitrogens with one attached hydrogen (secondary N) is 1. The van der Waals surface area contributed by atoms with Crippen molar-refractivity contribution in [2.24, 2.45) is 0 Å². The van der Waals surface area contributed by atoms with Crippen LogP contribution in [0, 0.1) is 0 Å². The Kier molecular flexibility index (Phi) is 5.42. The van der Waals surface area contributed by atoms with Crippen LogP contribution >= 0.6 is 11.3 Å². The first-order valence-electron chi connectivity index (χ1n) is 8.08. The van der Waals surface area contributed by atoms with Crippen LogP contribution in [0.15, 0.2) is 23.7 Å². The highest BCUT2D eigenvalue weighted by molar-refractivity contribution is 7.09. The average Bonchev–Trinajstić information content (AvgIpc) is 3.23. The van der Waals surface area contributed by atoms with Crippen molar-refractivity contribution in [3.8, 4) is 5.88 Å². The van der Waals surface area contributed by atoms with Crippen molar-refractivity contribution in [2.75, 3.05) is 6.61 Å². The van der Waals surface area contributed by atoms with Crippen molar-refractivity contribution in [2.45, 2.75) is 45.4 Å². The van der Waals surface area contributed by atoms with Crippen molar-refractivity contribution in [3.05, 3.63) is 40.0 Å². The highest BCUT2D eigenvalue weighted by atomic mass is 32.1. The lowest BCUT2D eigenvalue weighted by Gasteiger charge is -2.10. The molecule has 0 radical (unpaired) electrons. The summed E-state index contributed by atoms with van der Waals surface area (Å²) in [6.45, 7) is 5.07. The van der Waals surface area contributed by atoms with E-state index in [4.69, 9.17) is 9.47 Å². The molecule has 0 saturated carbocycles. The Hall–Kier alpha value is -1.99. The summed E-state index contributed by atoms with van der Waals surface area (Å²) in [7, 11) is 0. The Balaban J connectivity index is 1.57. The fourth-order valence-electron chi connectivity index (χ4n) is 2.45. The predicted molar refractivity (Wildman–Crippen MR) is 91.2 cm³/mol. The molecule has 7 heteroatoms. The Labute approximate surface area is 145 Å². The zero-order chi connectivity index (χ0) is 16.9. The molecule has 3 rings (SSSR count). The number of carbonyl (C=O) groups excluding carboxylic acids is 1. The van der Waals surface area contributed by atoms with Gasteiger partial charge in [-0.15, -0.1) is 11.3 Å². The van der Waals surface area contributed by atoms with E-state index in [0.717, 1.165) is 30.0 Å². The molecule has 1 aliphatic heterocycles. The topological polar surface area (TPSA) is 73.3 Å². The number of hydrogen-bond donors (Lipinski definition) is 1. The van der Waals surface area contributed by atoms with Crippen LogP contribution < -0.4 is 10.1 Å². The van der Waals surface area contributed by atoms with Crippen molar-refractivity contribution < 1.29 is 14.3 Å². The highest BCUT2D eigenvalue weighted by Gasteiger charge is 2.22. The fraction of sp³-hybridized carbons (Fsp3) is 0.471. The molecule has 6 nitrogen and oxygen atoms in total. The molecule has 1 unspecified atom stereocenters. The van der Waals surface area contributed by atoms with Gasteiger partial charge in [0.25, 0.3) is 5.91 Å². The molecule has 3 heterocycles. The second-order valence-electron chi connectivity index (χ2n) is 5.92. The zero-order valence-electron chi connectivity index (χ0n) is 13.8. The lowest BCUT2D eigenvalue weighted by atomic mass is 10.2. The Bertz CT molecular complexity index is 696. The number of carbonyl (C=O) groups is 1. The summed E-state index contributed by atoms with van der Waals surface area (Å²) in [6.07, 6.45) is 3.82. The molecule has 0 spiro atoms. The van der Waals surface area contributed by atoms with Crippen LogP contribution in [0.4, 0.5) is 0 Å². The quantitative estimate of drug-likeness (QED) is 0.869. The van der Waals surface area contributed by atoms with Gasteiger partial charge in [-0.3, -0.25) is 4.79 Å². The predicted octanol–water partition coefficient (Wildman–Crippen LogP) is 3.11. The lowest BCUT2D eigenvalue weighted by molar-refractivity contribution is 0.0943. The maximum absolute atomic E-state index is 12.3. The molecule has 128 valence electrons. The van der Waals surface area contributed by atoms with E-state index in [-0.39, 0.29) is 18.1 Å². The van der Waals surface area contributed by atoms with Gasteiger partial charge in [0.2, 0.25) is 5.88 Å². The number of nitrogens with zero attached hydrogens (tertiary/aromatic N) is 2. The Morgan fingerprint density at radius 1 is 1.54 bits per heavy atom. The fourth-order valence-corrected chi connectivity index (χ4v) is 3.33. The zero-order valence-corrected chi connectivity index (χ0v) is 14.6. The first-order chi connectivity index (χ1) is 11.6. The smallest absolute Gasteiger partial charge is 0.271 e. The van der Waals surface area contributed by atoms with E-state index in [1.165, 1.54) is 11.3 Å². The number of aromatic nitrogens is 2. The van der Waals surface area contributed by atoms with Gasteiger partial charge in [0.1, 0.15) is 16.8 Å². The number of hydrogen-bond acceptors (Lipinski definition) is 6. The molecule has 24 heavy (non-hydrogen) atoms. The van der Waals surface area contributed by atoms with E-state index in [1.54, 1.807) is 11.6 Å². The SMILES string of the molecule is CC(C)Oc1cc(CNC(=O)c2csc(C3CCCO3)n2)ccn1. The molecule has 1 atom stereocenters. The number of thiazole rings is 1. The molecule has 0 bridgehead atoms. The molecular weight excluding hydrogens is 326 g/mol. The third-order valence-corrected chi connectivity index (χ3v) is 4.51. The average molecular weight is 347 g/mol. The first-order valence-corrected chi connectivity index (χ1v) is 8.96. The van der Waals surface area contributed by atoms with E-state index in [9.17, 15) is 4.79 Å². The molecule has 1 amide bonds. The van der Waals surface area contributed by atoms with Gasteiger partial charge in [-0.25, -0.2) is 9.97 Å². The van der Waals surface area contributed by atoms with E-state index in [2.05, 4.69) is 15.3 Å². The first kappa shape index (κ1) is 16.9. The normalized spacial score (nSPS) is 17.2. The maximum Gasteiger partial charge on any atom is 0.271 e. The van der Waals surface area contributed by atoms with Crippen LogP contribution in [0.1, 0.15) is 53.9 Å². The summed E-state index contributed by atoms with van der Waals surface area (Å²) in [4.78, 5) is 20.8. The van der Waals surface area contributed by atoms with Gasteiger partial charge in [0.15, 0.2) is 0 Å². The minimum absolute atomic E-state index is 0.0486. The van der Waals surface area contributed by atoms with Gasteiger partial charge < -0.3 is 14.8 Å². The van der Waals surface area contributed by atoms with Crippen LogP contribution in [-0.2, 0) is 11.3 Å². The van der Waals surface area contributed by atoms with E-state index >= 15 is 0 Å². The molecule has 1 N–H and O–H groups in total. The number of pyridine rings is 1. The van der Waals surface area contributed by atoms with E-state index in [1.807, 2.05) is 26.0 Å².